The van der Waals surface area contributed by atoms with Gasteiger partial charge in [0.25, 0.3) is 5.56 Å². The zero-order chi connectivity index (χ0) is 22.8. The van der Waals surface area contributed by atoms with Crippen molar-refractivity contribution in [1.82, 2.24) is 9.88 Å². The first-order valence-corrected chi connectivity index (χ1v) is 11.6. The van der Waals surface area contributed by atoms with Crippen molar-refractivity contribution in [2.45, 2.75) is 64.0 Å². The summed E-state index contributed by atoms with van der Waals surface area (Å²) in [6, 6.07) is 1.45. The van der Waals surface area contributed by atoms with Crippen molar-refractivity contribution in [3.05, 3.63) is 56.2 Å². The van der Waals surface area contributed by atoms with Crippen molar-refractivity contribution in [1.29, 1.82) is 0 Å². The van der Waals surface area contributed by atoms with Gasteiger partial charge in [-0.15, -0.1) is 0 Å². The maximum absolute atomic E-state index is 12.5. The van der Waals surface area contributed by atoms with E-state index in [4.69, 9.17) is 4.74 Å². The smallest absolute Gasteiger partial charge is 0.341 e. The number of allylic oxidation sites excluding steroid dienone is 2. The number of likely N-dealkylation sites (tertiary alicyclic amines) is 1. The number of hydrogen-bond donors (Lipinski definition) is 3. The molecule has 3 atom stereocenters. The molecule has 2 bridgehead atoms. The summed E-state index contributed by atoms with van der Waals surface area (Å²) < 4.78 is 5.47. The molecule has 0 radical (unpaired) electrons. The van der Waals surface area contributed by atoms with E-state index in [2.05, 4.69) is 22.9 Å². The molecule has 4 aliphatic rings. The third kappa shape index (κ3) is 3.09. The maximum Gasteiger partial charge on any atom is 0.341 e. The fraction of sp³-hybridized carbons (Fsp3) is 0.600. The van der Waals surface area contributed by atoms with Gasteiger partial charge in [0.1, 0.15) is 5.56 Å². The number of piperidine rings is 1. The lowest BCUT2D eigenvalue weighted by molar-refractivity contribution is -0.170. The minimum atomic E-state index is -1.24. The first-order valence-electron chi connectivity index (χ1n) is 11.6. The van der Waals surface area contributed by atoms with E-state index < -0.39 is 22.5 Å². The number of methoxy groups -OCH3 is 1. The van der Waals surface area contributed by atoms with E-state index in [0.29, 0.717) is 12.8 Å². The highest BCUT2D eigenvalue weighted by Crippen LogP contribution is 2.60. The van der Waals surface area contributed by atoms with E-state index in [1.54, 1.807) is 7.11 Å². The molecular formula is C25H32N2O5. The largest absolute Gasteiger partial charge is 0.501 e. The maximum atomic E-state index is 12.5. The van der Waals surface area contributed by atoms with Crippen LogP contribution >= 0.6 is 0 Å². The Morgan fingerprint density at radius 2 is 2.12 bits per heavy atom. The highest BCUT2D eigenvalue weighted by Gasteiger charge is 2.64. The first kappa shape index (κ1) is 21.5. The van der Waals surface area contributed by atoms with Gasteiger partial charge in [-0.1, -0.05) is 5.57 Å². The molecule has 0 aromatic carbocycles. The molecule has 1 saturated carbocycles. The van der Waals surface area contributed by atoms with E-state index in [9.17, 15) is 19.8 Å². The molecule has 2 fully saturated rings. The van der Waals surface area contributed by atoms with Crippen molar-refractivity contribution in [2.24, 2.45) is 11.3 Å². The Morgan fingerprint density at radius 1 is 1.38 bits per heavy atom. The minimum Gasteiger partial charge on any atom is -0.501 e. The zero-order valence-electron chi connectivity index (χ0n) is 19.0. The summed E-state index contributed by atoms with van der Waals surface area (Å²) in [7, 11) is 1.65. The van der Waals surface area contributed by atoms with Gasteiger partial charge in [-0.05, 0) is 75.3 Å². The summed E-state index contributed by atoms with van der Waals surface area (Å²) in [4.78, 5) is 29.3. The predicted molar refractivity (Wildman–Crippen MR) is 120 cm³/mol. The van der Waals surface area contributed by atoms with Gasteiger partial charge >= 0.3 is 5.97 Å². The Bertz CT molecular complexity index is 1100. The van der Waals surface area contributed by atoms with Gasteiger partial charge in [0.15, 0.2) is 0 Å². The molecule has 0 amide bonds. The minimum absolute atomic E-state index is 0.0230. The van der Waals surface area contributed by atoms with E-state index in [1.165, 1.54) is 24.5 Å². The number of carboxylic acid groups (broad SMARTS) is 1. The average molecular weight is 441 g/mol. The number of ether oxygens (including phenoxy) is 1. The lowest BCUT2D eigenvalue weighted by atomic mass is 9.49. The fourth-order valence-corrected chi connectivity index (χ4v) is 6.48. The molecule has 5 rings (SSSR count). The number of rotatable bonds is 5. The number of H-pyrrole nitrogens is 1. The van der Waals surface area contributed by atoms with Gasteiger partial charge in [-0.2, -0.15) is 0 Å². The Hall–Kier alpha value is -2.38. The van der Waals surface area contributed by atoms with Crippen LogP contribution < -0.4 is 5.56 Å². The zero-order valence-corrected chi connectivity index (χ0v) is 19.0. The van der Waals surface area contributed by atoms with E-state index in [1.807, 2.05) is 6.92 Å². The molecule has 3 N–H and O–H groups in total. The normalized spacial score (nSPS) is 32.4. The topological polar surface area (TPSA) is 103 Å². The van der Waals surface area contributed by atoms with Crippen molar-refractivity contribution >= 4 is 5.97 Å². The van der Waals surface area contributed by atoms with Gasteiger partial charge in [-0.25, -0.2) is 4.79 Å². The predicted octanol–water partition coefficient (Wildman–Crippen LogP) is 2.64. The molecule has 1 aromatic heterocycles. The average Bonchev–Trinajstić information content (AvgIpc) is 3.55. The van der Waals surface area contributed by atoms with Gasteiger partial charge in [0, 0.05) is 36.5 Å². The number of aliphatic hydroxyl groups is 1. The van der Waals surface area contributed by atoms with Crippen LogP contribution in [0.2, 0.25) is 0 Å². The van der Waals surface area contributed by atoms with E-state index in [-0.39, 0.29) is 11.6 Å². The number of carbonyl (C=O) groups is 1. The lowest BCUT2D eigenvalue weighted by Crippen LogP contribution is -2.72. The summed E-state index contributed by atoms with van der Waals surface area (Å²) in [6.07, 6.45) is 6.96. The summed E-state index contributed by atoms with van der Waals surface area (Å²) in [5.74, 6) is 0.268. The molecule has 0 unspecified atom stereocenters. The number of fused-ring (bicyclic) bond motifs is 1. The molecule has 1 aromatic rings. The molecule has 1 saturated heterocycles. The van der Waals surface area contributed by atoms with Crippen molar-refractivity contribution in [2.75, 3.05) is 20.2 Å². The Balaban J connectivity index is 1.68. The second-order valence-corrected chi connectivity index (χ2v) is 10.2. The molecule has 32 heavy (non-hydrogen) atoms. The van der Waals surface area contributed by atoms with Crippen LogP contribution in [0.3, 0.4) is 0 Å². The fourth-order valence-electron chi connectivity index (χ4n) is 6.48. The number of nitrogens with one attached hydrogen (secondary N) is 1. The Kier molecular flexibility index (Phi) is 4.91. The van der Waals surface area contributed by atoms with Crippen LogP contribution in [0.5, 0.6) is 0 Å². The lowest BCUT2D eigenvalue weighted by Gasteiger charge is -2.64. The summed E-state index contributed by atoms with van der Waals surface area (Å²) in [5.41, 5.74) is 1.42. The van der Waals surface area contributed by atoms with Crippen LogP contribution in [0.25, 0.3) is 0 Å². The van der Waals surface area contributed by atoms with E-state index >= 15 is 0 Å². The van der Waals surface area contributed by atoms with Gasteiger partial charge in [0.2, 0.25) is 0 Å². The SMILES string of the molecule is CO/C(C)=C/C1=C(C)C[C@H]2N(CC3CC3)CC[C@@]13Cc1[nH]c(=O)c(C(=O)O)cc1C[C@@]23O. The Morgan fingerprint density at radius 3 is 2.78 bits per heavy atom. The molecular weight excluding hydrogens is 408 g/mol. The van der Waals surface area contributed by atoms with Crippen LogP contribution in [0.15, 0.2) is 33.8 Å². The summed E-state index contributed by atoms with van der Waals surface area (Å²) in [5, 5.41) is 22.0. The number of aromatic nitrogens is 1. The number of aromatic carboxylic acids is 1. The Labute approximate surface area is 187 Å². The number of aromatic amines is 1. The number of carboxylic acids is 1. The molecule has 3 aliphatic carbocycles. The van der Waals surface area contributed by atoms with Crippen LogP contribution in [0.1, 0.15) is 61.1 Å². The molecule has 7 nitrogen and oxygen atoms in total. The number of pyridine rings is 1. The van der Waals surface area contributed by atoms with Gasteiger partial charge in [0.05, 0.1) is 18.5 Å². The summed E-state index contributed by atoms with van der Waals surface area (Å²) >= 11 is 0. The van der Waals surface area contributed by atoms with Crippen molar-refractivity contribution in [3.63, 3.8) is 0 Å². The first-order chi connectivity index (χ1) is 15.2. The molecule has 172 valence electrons. The molecule has 2 heterocycles. The standard InChI is InChI=1S/C25H32N2O5/c1-14-8-21-25(31)11-17-10-18(23(29)30)22(28)26-20(17)12-24(25,19(14)9-15(2)32-3)6-7-27(21)13-16-4-5-16/h9-10,16,21,31H,4-8,11-13H2,1-3H3,(H,26,28)(H,29,30)/b15-9+/t21-,24-,25-/m1/s1. The monoisotopic (exact) mass is 440 g/mol. The molecule has 0 spiro atoms. The van der Waals surface area contributed by atoms with E-state index in [0.717, 1.165) is 54.4 Å². The van der Waals surface area contributed by atoms with Crippen LogP contribution in [0.4, 0.5) is 0 Å². The van der Waals surface area contributed by atoms with Crippen LogP contribution in [-0.4, -0.2) is 57.9 Å². The second kappa shape index (κ2) is 7.32. The summed E-state index contributed by atoms with van der Waals surface area (Å²) in [6.45, 7) is 5.99. The number of nitrogens with zero attached hydrogens (tertiary/aromatic N) is 1. The molecule has 1 aliphatic heterocycles. The highest BCUT2D eigenvalue weighted by molar-refractivity contribution is 5.87. The highest BCUT2D eigenvalue weighted by atomic mass is 16.5. The van der Waals surface area contributed by atoms with Crippen molar-refractivity contribution in [3.8, 4) is 0 Å². The van der Waals surface area contributed by atoms with Crippen LogP contribution in [-0.2, 0) is 17.6 Å². The van der Waals surface area contributed by atoms with Crippen molar-refractivity contribution < 1.29 is 19.7 Å². The molecule has 7 heteroatoms. The van der Waals surface area contributed by atoms with Gasteiger partial charge < -0.3 is 19.9 Å². The van der Waals surface area contributed by atoms with Gasteiger partial charge in [-0.3, -0.25) is 9.69 Å². The van der Waals surface area contributed by atoms with Crippen LogP contribution in [0, 0.1) is 11.3 Å². The quantitative estimate of drug-likeness (QED) is 0.609. The second-order valence-electron chi connectivity index (χ2n) is 10.2. The number of hydrogen-bond acceptors (Lipinski definition) is 5. The third-order valence-corrected chi connectivity index (χ3v) is 8.36. The third-order valence-electron chi connectivity index (χ3n) is 8.36.